The normalized spacial score (nSPS) is 11.1. The summed E-state index contributed by atoms with van der Waals surface area (Å²) in [5, 5.41) is 20.7. The second-order valence-electron chi connectivity index (χ2n) is 7.87. The molecule has 0 radical (unpaired) electrons. The first-order chi connectivity index (χ1) is 14.5. The van der Waals surface area contributed by atoms with Crippen molar-refractivity contribution < 1.29 is 15.0 Å². The van der Waals surface area contributed by atoms with E-state index in [0.29, 0.717) is 6.42 Å². The lowest BCUT2D eigenvalue weighted by atomic mass is 9.99. The molecule has 0 aliphatic carbocycles. The smallest absolute Gasteiger partial charge is 0.222 e. The Morgan fingerprint density at radius 3 is 2.43 bits per heavy atom. The molecule has 2 N–H and O–H groups in total. The van der Waals surface area contributed by atoms with Crippen LogP contribution in [0.25, 0.3) is 20.5 Å². The Kier molecular flexibility index (Phi) is 7.75. The lowest BCUT2D eigenvalue weighted by Gasteiger charge is -2.16. The van der Waals surface area contributed by atoms with Gasteiger partial charge in [-0.3, -0.25) is 4.79 Å². The zero-order valence-electron chi connectivity index (χ0n) is 17.9. The van der Waals surface area contributed by atoms with Gasteiger partial charge >= 0.3 is 0 Å². The summed E-state index contributed by atoms with van der Waals surface area (Å²) >= 11 is 1.67. The summed E-state index contributed by atoms with van der Waals surface area (Å²) in [4.78, 5) is 15.2. The average molecular weight is 426 g/mol. The number of fused-ring (bicyclic) bond motifs is 1. The number of carbonyl (C=O) groups excluding carboxylic acids is 1. The SMILES string of the molecule is CCCCN(C)C(=O)CCCCCc1c(-c2ccc(O)cc2)sc2cc(O)ccc12. The topological polar surface area (TPSA) is 60.8 Å². The zero-order valence-corrected chi connectivity index (χ0v) is 18.7. The quantitative estimate of drug-likeness (QED) is 0.373. The van der Waals surface area contributed by atoms with Gasteiger partial charge in [0.2, 0.25) is 5.91 Å². The third kappa shape index (κ3) is 5.54. The Balaban J connectivity index is 1.66. The van der Waals surface area contributed by atoms with Gasteiger partial charge in [-0.2, -0.15) is 0 Å². The van der Waals surface area contributed by atoms with Crippen molar-refractivity contribution in [1.82, 2.24) is 4.90 Å². The van der Waals surface area contributed by atoms with Crippen LogP contribution in [0.1, 0.15) is 51.0 Å². The van der Waals surface area contributed by atoms with E-state index in [1.54, 1.807) is 29.5 Å². The predicted molar refractivity (Wildman–Crippen MR) is 125 cm³/mol. The number of unbranched alkanes of at least 4 members (excludes halogenated alkanes) is 3. The van der Waals surface area contributed by atoms with Gasteiger partial charge in [0.25, 0.3) is 0 Å². The van der Waals surface area contributed by atoms with Crippen LogP contribution in [0.3, 0.4) is 0 Å². The molecular weight excluding hydrogens is 394 g/mol. The molecule has 1 heterocycles. The second-order valence-corrected chi connectivity index (χ2v) is 8.92. The first-order valence-corrected chi connectivity index (χ1v) is 11.6. The number of phenols is 2. The van der Waals surface area contributed by atoms with Gasteiger partial charge in [-0.05, 0) is 84.7 Å². The van der Waals surface area contributed by atoms with Crippen LogP contribution >= 0.6 is 11.3 Å². The van der Waals surface area contributed by atoms with Crippen molar-refractivity contribution in [2.45, 2.75) is 51.9 Å². The van der Waals surface area contributed by atoms with E-state index < -0.39 is 0 Å². The highest BCUT2D eigenvalue weighted by Crippen LogP contribution is 2.41. The van der Waals surface area contributed by atoms with E-state index in [1.807, 2.05) is 36.2 Å². The first kappa shape index (κ1) is 22.2. The van der Waals surface area contributed by atoms with E-state index in [0.717, 1.165) is 55.3 Å². The maximum Gasteiger partial charge on any atom is 0.222 e. The van der Waals surface area contributed by atoms with E-state index in [-0.39, 0.29) is 17.4 Å². The predicted octanol–water partition coefficient (Wildman–Crippen LogP) is 6.34. The maximum atomic E-state index is 12.2. The van der Waals surface area contributed by atoms with Gasteiger partial charge in [-0.1, -0.05) is 19.8 Å². The minimum absolute atomic E-state index is 0.240. The molecule has 1 aromatic heterocycles. The van der Waals surface area contributed by atoms with Crippen molar-refractivity contribution in [2.24, 2.45) is 0 Å². The Hall–Kier alpha value is -2.53. The molecule has 160 valence electrons. The number of carbonyl (C=O) groups is 1. The number of aromatic hydroxyl groups is 2. The molecule has 0 saturated carbocycles. The lowest BCUT2D eigenvalue weighted by molar-refractivity contribution is -0.130. The molecule has 2 aromatic carbocycles. The van der Waals surface area contributed by atoms with Crippen molar-refractivity contribution in [3.05, 3.63) is 48.0 Å². The largest absolute Gasteiger partial charge is 0.508 e. The fourth-order valence-corrected chi connectivity index (χ4v) is 4.99. The highest BCUT2D eigenvalue weighted by molar-refractivity contribution is 7.22. The molecule has 1 amide bonds. The third-order valence-electron chi connectivity index (χ3n) is 5.50. The molecule has 0 saturated heterocycles. The first-order valence-electron chi connectivity index (χ1n) is 10.8. The summed E-state index contributed by atoms with van der Waals surface area (Å²) < 4.78 is 1.07. The monoisotopic (exact) mass is 425 g/mol. The number of aryl methyl sites for hydroxylation is 1. The Bertz CT molecular complexity index is 978. The second kappa shape index (κ2) is 10.5. The average Bonchev–Trinajstić information content (AvgIpc) is 3.09. The van der Waals surface area contributed by atoms with Gasteiger partial charge in [-0.15, -0.1) is 11.3 Å². The molecule has 0 unspecified atom stereocenters. The molecular formula is C25H31NO3S. The van der Waals surface area contributed by atoms with Crippen LogP contribution in [0.5, 0.6) is 11.5 Å². The molecule has 4 nitrogen and oxygen atoms in total. The van der Waals surface area contributed by atoms with Crippen LogP contribution in [0.15, 0.2) is 42.5 Å². The lowest BCUT2D eigenvalue weighted by Crippen LogP contribution is -2.27. The van der Waals surface area contributed by atoms with Gasteiger partial charge < -0.3 is 15.1 Å². The van der Waals surface area contributed by atoms with Crippen LogP contribution in [0.2, 0.25) is 0 Å². The molecule has 3 rings (SSSR count). The maximum absolute atomic E-state index is 12.2. The number of benzene rings is 2. The molecule has 30 heavy (non-hydrogen) atoms. The van der Waals surface area contributed by atoms with Crippen LogP contribution in [-0.2, 0) is 11.2 Å². The molecule has 5 heteroatoms. The van der Waals surface area contributed by atoms with Crippen LogP contribution in [0, 0.1) is 0 Å². The van der Waals surface area contributed by atoms with Crippen molar-refractivity contribution in [3.8, 4) is 21.9 Å². The fraction of sp³-hybridized carbons (Fsp3) is 0.400. The fourth-order valence-electron chi connectivity index (χ4n) is 3.70. The van der Waals surface area contributed by atoms with E-state index in [2.05, 4.69) is 6.92 Å². The van der Waals surface area contributed by atoms with Gasteiger partial charge in [0.1, 0.15) is 11.5 Å². The summed E-state index contributed by atoms with van der Waals surface area (Å²) in [6.45, 7) is 2.99. The standard InChI is InChI=1S/C25H31NO3S/c1-3-4-16-26(2)24(29)9-7-5-6-8-22-21-15-14-20(28)17-23(21)30-25(22)18-10-12-19(27)13-11-18/h10-15,17,27-28H,3-9,16H2,1-2H3. The van der Waals surface area contributed by atoms with E-state index in [4.69, 9.17) is 0 Å². The number of amides is 1. The van der Waals surface area contributed by atoms with Gasteiger partial charge in [0.05, 0.1) is 0 Å². The number of phenolic OH excluding ortho intramolecular Hbond substituents is 2. The molecule has 0 bridgehead atoms. The van der Waals surface area contributed by atoms with Gasteiger partial charge in [0.15, 0.2) is 0 Å². The molecule has 0 aliphatic heterocycles. The number of hydrogen-bond acceptors (Lipinski definition) is 4. The van der Waals surface area contributed by atoms with E-state index in [1.165, 1.54) is 15.8 Å². The van der Waals surface area contributed by atoms with Crippen molar-refractivity contribution >= 4 is 27.3 Å². The summed E-state index contributed by atoms with van der Waals surface area (Å²) in [6, 6.07) is 12.8. The molecule has 0 fully saturated rings. The Morgan fingerprint density at radius 1 is 0.967 bits per heavy atom. The zero-order chi connectivity index (χ0) is 21.5. The Morgan fingerprint density at radius 2 is 1.70 bits per heavy atom. The summed E-state index contributed by atoms with van der Waals surface area (Å²) in [5.41, 5.74) is 2.36. The van der Waals surface area contributed by atoms with Crippen LogP contribution in [-0.4, -0.2) is 34.6 Å². The highest BCUT2D eigenvalue weighted by Gasteiger charge is 2.15. The van der Waals surface area contributed by atoms with Crippen LogP contribution < -0.4 is 0 Å². The molecule has 0 aliphatic rings. The molecule has 0 atom stereocenters. The van der Waals surface area contributed by atoms with Crippen molar-refractivity contribution in [1.29, 1.82) is 0 Å². The van der Waals surface area contributed by atoms with Crippen molar-refractivity contribution in [3.63, 3.8) is 0 Å². The van der Waals surface area contributed by atoms with Crippen molar-refractivity contribution in [2.75, 3.05) is 13.6 Å². The number of hydrogen-bond donors (Lipinski definition) is 2. The minimum Gasteiger partial charge on any atom is -0.508 e. The minimum atomic E-state index is 0.240. The number of nitrogens with zero attached hydrogens (tertiary/aromatic N) is 1. The number of rotatable bonds is 10. The van der Waals surface area contributed by atoms with E-state index in [9.17, 15) is 15.0 Å². The highest BCUT2D eigenvalue weighted by atomic mass is 32.1. The molecule has 3 aromatic rings. The van der Waals surface area contributed by atoms with E-state index >= 15 is 0 Å². The number of thiophene rings is 1. The Labute approximate surface area is 182 Å². The van der Waals surface area contributed by atoms with Crippen LogP contribution in [0.4, 0.5) is 0 Å². The summed E-state index contributed by atoms with van der Waals surface area (Å²) in [6.07, 6.45) is 6.65. The third-order valence-corrected chi connectivity index (χ3v) is 6.74. The van der Waals surface area contributed by atoms with Gasteiger partial charge in [0, 0.05) is 29.6 Å². The molecule has 0 spiro atoms. The van der Waals surface area contributed by atoms with Gasteiger partial charge in [-0.25, -0.2) is 0 Å². The summed E-state index contributed by atoms with van der Waals surface area (Å²) in [7, 11) is 1.90. The summed E-state index contributed by atoms with van der Waals surface area (Å²) in [5.74, 6) is 0.774.